The molecule has 0 aliphatic carbocycles. The zero-order valence-corrected chi connectivity index (χ0v) is 14.4. The van der Waals surface area contributed by atoms with Gasteiger partial charge in [0.15, 0.2) is 0 Å². The molecule has 0 fully saturated rings. The van der Waals surface area contributed by atoms with Crippen molar-refractivity contribution >= 4 is 11.9 Å². The van der Waals surface area contributed by atoms with Crippen LogP contribution in [0.15, 0.2) is 0 Å². The third kappa shape index (κ3) is 10.6. The zero-order chi connectivity index (χ0) is 16.8. The second-order valence-corrected chi connectivity index (χ2v) is 6.31. The molecule has 0 aromatic heterocycles. The molecule has 0 amide bonds. The van der Waals surface area contributed by atoms with Gasteiger partial charge in [-0.25, -0.2) is 0 Å². The predicted octanol–water partition coefficient (Wildman–Crippen LogP) is 5.11. The first-order chi connectivity index (χ1) is 10.5. The van der Waals surface area contributed by atoms with Crippen LogP contribution < -0.4 is 0 Å². The molecule has 0 radical (unpaired) electrons. The minimum atomic E-state index is -0.769. The summed E-state index contributed by atoms with van der Waals surface area (Å²) >= 11 is 0. The van der Waals surface area contributed by atoms with Crippen molar-refractivity contribution in [3.8, 4) is 0 Å². The van der Waals surface area contributed by atoms with Crippen LogP contribution in [0.4, 0.5) is 0 Å². The van der Waals surface area contributed by atoms with Gasteiger partial charge < -0.3 is 10.2 Å². The number of carboxylic acids is 2. The number of unbranched alkanes of at least 4 members (excludes halogenated alkanes) is 6. The molecule has 0 heterocycles. The summed E-state index contributed by atoms with van der Waals surface area (Å²) in [6.45, 7) is 4.23. The SMILES string of the molecule is CCCCCCCCC(C(=O)O)C(CC)CCCCC(=O)O. The maximum absolute atomic E-state index is 11.5. The Hall–Kier alpha value is -1.06. The fraction of sp³-hybridized carbons (Fsp3) is 0.889. The highest BCUT2D eigenvalue weighted by molar-refractivity contribution is 5.70. The Morgan fingerprint density at radius 2 is 1.41 bits per heavy atom. The minimum Gasteiger partial charge on any atom is -0.481 e. The Morgan fingerprint density at radius 1 is 0.818 bits per heavy atom. The molecule has 0 aliphatic rings. The van der Waals surface area contributed by atoms with Crippen LogP contribution in [0.2, 0.25) is 0 Å². The molecule has 0 bridgehead atoms. The molecule has 0 aromatic carbocycles. The fourth-order valence-electron chi connectivity index (χ4n) is 3.08. The summed E-state index contributed by atoms with van der Waals surface area (Å²) in [5.74, 6) is -1.53. The van der Waals surface area contributed by atoms with Crippen LogP contribution in [0.5, 0.6) is 0 Å². The van der Waals surface area contributed by atoms with Crippen molar-refractivity contribution in [2.45, 2.75) is 90.9 Å². The summed E-state index contributed by atoms with van der Waals surface area (Å²) < 4.78 is 0. The van der Waals surface area contributed by atoms with Gasteiger partial charge in [0.05, 0.1) is 5.92 Å². The van der Waals surface area contributed by atoms with Crippen molar-refractivity contribution in [2.75, 3.05) is 0 Å². The van der Waals surface area contributed by atoms with Crippen LogP contribution in [-0.2, 0) is 9.59 Å². The van der Waals surface area contributed by atoms with E-state index in [9.17, 15) is 14.7 Å². The van der Waals surface area contributed by atoms with Crippen molar-refractivity contribution in [3.63, 3.8) is 0 Å². The van der Waals surface area contributed by atoms with E-state index in [0.717, 1.165) is 38.5 Å². The number of carboxylic acid groups (broad SMARTS) is 2. The summed E-state index contributed by atoms with van der Waals surface area (Å²) in [6, 6.07) is 0. The van der Waals surface area contributed by atoms with Crippen LogP contribution in [0, 0.1) is 11.8 Å². The van der Waals surface area contributed by atoms with Gasteiger partial charge in [-0.05, 0) is 25.2 Å². The molecule has 2 unspecified atom stereocenters. The Kier molecular flexibility index (Phi) is 12.9. The molecule has 0 saturated carbocycles. The van der Waals surface area contributed by atoms with Crippen LogP contribution in [0.25, 0.3) is 0 Å². The topological polar surface area (TPSA) is 74.6 Å². The first kappa shape index (κ1) is 20.9. The summed E-state index contributed by atoms with van der Waals surface area (Å²) in [7, 11) is 0. The largest absolute Gasteiger partial charge is 0.481 e. The van der Waals surface area contributed by atoms with Gasteiger partial charge in [-0.2, -0.15) is 0 Å². The minimum absolute atomic E-state index is 0.182. The second-order valence-electron chi connectivity index (χ2n) is 6.31. The van der Waals surface area contributed by atoms with Crippen molar-refractivity contribution in [1.29, 1.82) is 0 Å². The van der Waals surface area contributed by atoms with Crippen LogP contribution in [0.3, 0.4) is 0 Å². The molecule has 0 saturated heterocycles. The van der Waals surface area contributed by atoms with E-state index in [1.165, 1.54) is 25.7 Å². The third-order valence-corrected chi connectivity index (χ3v) is 4.49. The Labute approximate surface area is 135 Å². The van der Waals surface area contributed by atoms with E-state index < -0.39 is 11.9 Å². The molecule has 130 valence electrons. The summed E-state index contributed by atoms with van der Waals surface area (Å²) in [5, 5.41) is 18.1. The Morgan fingerprint density at radius 3 is 1.95 bits per heavy atom. The predicted molar refractivity (Wildman–Crippen MR) is 89.0 cm³/mol. The maximum Gasteiger partial charge on any atom is 0.306 e. The monoisotopic (exact) mass is 314 g/mol. The highest BCUT2D eigenvalue weighted by Gasteiger charge is 2.25. The molecule has 0 spiro atoms. The number of aliphatic carboxylic acids is 2. The number of carbonyl (C=O) groups is 2. The third-order valence-electron chi connectivity index (χ3n) is 4.49. The van der Waals surface area contributed by atoms with Crippen LogP contribution >= 0.6 is 0 Å². The standard InChI is InChI=1S/C18H34O4/c1-3-5-6-7-8-9-13-16(18(21)22)15(4-2)12-10-11-14-17(19)20/h15-16H,3-14H2,1-2H3,(H,19,20)(H,21,22). The molecular weight excluding hydrogens is 280 g/mol. The van der Waals surface area contributed by atoms with E-state index in [2.05, 4.69) is 6.92 Å². The highest BCUT2D eigenvalue weighted by Crippen LogP contribution is 2.27. The molecular formula is C18H34O4. The quantitative estimate of drug-likeness (QED) is 0.412. The number of hydrogen-bond acceptors (Lipinski definition) is 2. The van der Waals surface area contributed by atoms with Crippen molar-refractivity contribution in [1.82, 2.24) is 0 Å². The molecule has 4 nitrogen and oxygen atoms in total. The van der Waals surface area contributed by atoms with Gasteiger partial charge in [0.1, 0.15) is 0 Å². The van der Waals surface area contributed by atoms with Crippen LogP contribution in [0.1, 0.15) is 90.9 Å². The first-order valence-electron chi connectivity index (χ1n) is 8.97. The highest BCUT2D eigenvalue weighted by atomic mass is 16.4. The summed E-state index contributed by atoms with van der Waals surface area (Å²) in [4.78, 5) is 22.0. The summed E-state index contributed by atoms with van der Waals surface area (Å²) in [6.07, 6.45) is 11.2. The number of hydrogen-bond donors (Lipinski definition) is 2. The first-order valence-corrected chi connectivity index (χ1v) is 8.97. The van der Waals surface area contributed by atoms with Crippen molar-refractivity contribution in [3.05, 3.63) is 0 Å². The Bertz CT molecular complexity index is 301. The molecule has 2 N–H and O–H groups in total. The lowest BCUT2D eigenvalue weighted by molar-refractivity contribution is -0.144. The van der Waals surface area contributed by atoms with Gasteiger partial charge >= 0.3 is 11.9 Å². The summed E-state index contributed by atoms with van der Waals surface area (Å²) in [5.41, 5.74) is 0. The van der Waals surface area contributed by atoms with E-state index in [1.54, 1.807) is 0 Å². The van der Waals surface area contributed by atoms with Crippen LogP contribution in [-0.4, -0.2) is 22.2 Å². The van der Waals surface area contributed by atoms with E-state index in [-0.39, 0.29) is 18.3 Å². The normalized spacial score (nSPS) is 13.7. The molecule has 22 heavy (non-hydrogen) atoms. The average Bonchev–Trinajstić information content (AvgIpc) is 2.47. The Balaban J connectivity index is 4.08. The van der Waals surface area contributed by atoms with Gasteiger partial charge in [0, 0.05) is 6.42 Å². The van der Waals surface area contributed by atoms with Gasteiger partial charge in [-0.3, -0.25) is 9.59 Å². The molecule has 0 rings (SSSR count). The molecule has 2 atom stereocenters. The van der Waals surface area contributed by atoms with Crippen molar-refractivity contribution < 1.29 is 19.8 Å². The number of rotatable bonds is 15. The van der Waals surface area contributed by atoms with E-state index in [0.29, 0.717) is 6.42 Å². The molecule has 4 heteroatoms. The maximum atomic E-state index is 11.5. The fourth-order valence-corrected chi connectivity index (χ4v) is 3.08. The van der Waals surface area contributed by atoms with Gasteiger partial charge in [0.2, 0.25) is 0 Å². The lowest BCUT2D eigenvalue weighted by Gasteiger charge is -2.22. The second kappa shape index (κ2) is 13.6. The van der Waals surface area contributed by atoms with Gasteiger partial charge in [0.25, 0.3) is 0 Å². The van der Waals surface area contributed by atoms with Crippen molar-refractivity contribution in [2.24, 2.45) is 11.8 Å². The van der Waals surface area contributed by atoms with Gasteiger partial charge in [-0.1, -0.05) is 65.2 Å². The average molecular weight is 314 g/mol. The lowest BCUT2D eigenvalue weighted by atomic mass is 9.82. The van der Waals surface area contributed by atoms with E-state index >= 15 is 0 Å². The van der Waals surface area contributed by atoms with E-state index in [4.69, 9.17) is 5.11 Å². The van der Waals surface area contributed by atoms with E-state index in [1.807, 2.05) is 6.92 Å². The lowest BCUT2D eigenvalue weighted by Crippen LogP contribution is -2.23. The zero-order valence-electron chi connectivity index (χ0n) is 14.4. The molecule has 0 aromatic rings. The van der Waals surface area contributed by atoms with Gasteiger partial charge in [-0.15, -0.1) is 0 Å². The molecule has 0 aliphatic heterocycles. The smallest absolute Gasteiger partial charge is 0.306 e.